The molecule has 3 atom stereocenters. The van der Waals surface area contributed by atoms with Crippen molar-refractivity contribution < 1.29 is 32.6 Å². The smallest absolute Gasteiger partial charge is 0.321 e. The molecule has 3 N–H and O–H groups in total. The summed E-state index contributed by atoms with van der Waals surface area (Å²) in [5.41, 5.74) is 1.54. The van der Waals surface area contributed by atoms with E-state index in [0.717, 1.165) is 16.3 Å². The number of thiazole rings is 1. The van der Waals surface area contributed by atoms with Crippen molar-refractivity contribution in [1.82, 2.24) is 29.7 Å². The van der Waals surface area contributed by atoms with Gasteiger partial charge in [0.1, 0.15) is 11.8 Å². The summed E-state index contributed by atoms with van der Waals surface area (Å²) in [4.78, 5) is 48.1. The number of rotatable bonds is 18. The molecule has 0 aliphatic carbocycles. The Bertz CT molecular complexity index is 1680. The number of benzene rings is 2. The molecule has 2 heterocycles. The lowest BCUT2D eigenvalue weighted by Crippen LogP contribution is -2.57. The number of carbonyl (C=O) groups is 3. The fraction of sp³-hybridized carbons (Fsp3) is 0.486. The van der Waals surface area contributed by atoms with Crippen LogP contribution >= 0.6 is 11.3 Å². The van der Waals surface area contributed by atoms with Gasteiger partial charge >= 0.3 is 6.03 Å². The van der Waals surface area contributed by atoms with Crippen LogP contribution in [0.5, 0.6) is 5.75 Å². The zero-order valence-corrected chi connectivity index (χ0v) is 30.9. The van der Waals surface area contributed by atoms with E-state index in [1.807, 2.05) is 56.5 Å². The van der Waals surface area contributed by atoms with E-state index in [1.165, 1.54) is 39.8 Å². The van der Waals surface area contributed by atoms with Gasteiger partial charge in [0.05, 0.1) is 47.8 Å². The third-order valence-electron chi connectivity index (χ3n) is 8.33. The Morgan fingerprint density at radius 2 is 1.78 bits per heavy atom. The van der Waals surface area contributed by atoms with Crippen LogP contribution in [0.3, 0.4) is 0 Å². The van der Waals surface area contributed by atoms with Crippen LogP contribution in [0.15, 0.2) is 64.9 Å². The molecule has 50 heavy (non-hydrogen) atoms. The number of aryl methyl sites for hydroxylation is 1. The molecule has 1 fully saturated rings. The number of carbonyl (C=O) groups excluding carboxylic acids is 3. The van der Waals surface area contributed by atoms with Crippen LogP contribution in [0.2, 0.25) is 0 Å². The topological polar surface area (TPSA) is 161 Å². The summed E-state index contributed by atoms with van der Waals surface area (Å²) in [6.07, 6.45) is -1.47. The highest BCUT2D eigenvalue weighted by Gasteiger charge is 2.40. The van der Waals surface area contributed by atoms with E-state index < -0.39 is 46.1 Å². The molecule has 0 unspecified atom stereocenters. The Balaban J connectivity index is 1.60. The third kappa shape index (κ3) is 10.2. The number of aromatic nitrogens is 1. The summed E-state index contributed by atoms with van der Waals surface area (Å²) >= 11 is 1.48. The normalized spacial score (nSPS) is 15.3. The van der Waals surface area contributed by atoms with Gasteiger partial charge in [0.15, 0.2) is 0 Å². The van der Waals surface area contributed by atoms with Crippen molar-refractivity contribution in [2.24, 2.45) is 5.92 Å². The number of sulfonamides is 1. The number of urea groups is 1. The Labute approximate surface area is 298 Å². The highest BCUT2D eigenvalue weighted by atomic mass is 32.2. The van der Waals surface area contributed by atoms with E-state index in [-0.39, 0.29) is 49.8 Å². The van der Waals surface area contributed by atoms with Gasteiger partial charge in [-0.1, -0.05) is 44.2 Å². The van der Waals surface area contributed by atoms with E-state index in [1.54, 1.807) is 24.0 Å². The molecule has 3 aromatic rings. The number of ether oxygens (including phenoxy) is 1. The number of aliphatic hydroxyl groups is 1. The molecule has 1 saturated heterocycles. The molecule has 4 amide bonds. The number of aliphatic hydroxyl groups excluding tert-OH is 1. The van der Waals surface area contributed by atoms with E-state index >= 15 is 0 Å². The molecular weight excluding hydrogens is 681 g/mol. The van der Waals surface area contributed by atoms with Crippen molar-refractivity contribution in [2.75, 3.05) is 39.8 Å². The summed E-state index contributed by atoms with van der Waals surface area (Å²) in [7, 11) is -2.56. The first kappa shape index (κ1) is 38.7. The Kier molecular flexibility index (Phi) is 13.8. The number of nitrogens with one attached hydrogen (secondary N) is 2. The van der Waals surface area contributed by atoms with Gasteiger partial charge in [-0.25, -0.2) is 18.2 Å². The molecule has 2 aromatic carbocycles. The van der Waals surface area contributed by atoms with Gasteiger partial charge in [-0.2, -0.15) is 4.31 Å². The third-order valence-corrected chi connectivity index (χ3v) is 11.0. The van der Waals surface area contributed by atoms with Crippen molar-refractivity contribution in [3.05, 3.63) is 76.2 Å². The van der Waals surface area contributed by atoms with Crippen LogP contribution in [0, 0.1) is 12.8 Å². The fourth-order valence-electron chi connectivity index (χ4n) is 5.84. The van der Waals surface area contributed by atoms with E-state index in [9.17, 15) is 27.9 Å². The molecule has 272 valence electrons. The van der Waals surface area contributed by atoms with Gasteiger partial charge in [0.2, 0.25) is 21.8 Å². The second-order valence-electron chi connectivity index (χ2n) is 12.7. The van der Waals surface area contributed by atoms with Crippen molar-refractivity contribution in [3.8, 4) is 5.75 Å². The number of hydrogen-bond acceptors (Lipinski definition) is 9. The Morgan fingerprint density at radius 1 is 1.08 bits per heavy atom. The Morgan fingerprint density at radius 3 is 2.38 bits per heavy atom. The SMILES string of the molecule is CCNC(=O)C[C@@H](C(=O)N[C@@H](Cc1ccccc1)[C@H](O)CN(CC(C)C)S(=O)(=O)c1ccc(OC)cc1)N1CCN(Cc2csc(C)n2)C1=O. The summed E-state index contributed by atoms with van der Waals surface area (Å²) in [6, 6.07) is 12.7. The molecule has 1 aliphatic heterocycles. The maximum absolute atomic E-state index is 14.2. The summed E-state index contributed by atoms with van der Waals surface area (Å²) in [6.45, 7) is 8.40. The average molecular weight is 729 g/mol. The van der Waals surface area contributed by atoms with Crippen LogP contribution in [-0.4, -0.2) is 108 Å². The van der Waals surface area contributed by atoms with Crippen molar-refractivity contribution in [1.29, 1.82) is 0 Å². The number of hydrogen-bond donors (Lipinski definition) is 3. The maximum atomic E-state index is 14.2. The van der Waals surface area contributed by atoms with Crippen molar-refractivity contribution >= 4 is 39.2 Å². The minimum atomic E-state index is -4.05. The lowest BCUT2D eigenvalue weighted by molar-refractivity contribution is -0.131. The van der Waals surface area contributed by atoms with E-state index in [0.29, 0.717) is 18.8 Å². The van der Waals surface area contributed by atoms with Crippen LogP contribution < -0.4 is 15.4 Å². The standard InChI is InChI=1S/C35H48N6O7S2/c1-6-36-33(43)19-31(41-17-16-39(35(41)45)21-27-23-49-25(4)37-27)34(44)38-30(18-26-10-8-7-9-11-26)32(42)22-40(20-24(2)3)50(46,47)29-14-12-28(48-5)13-15-29/h7-15,23-24,30-32,42H,6,16-22H2,1-5H3,(H,36,43)(H,38,44)/t30-,31-,32+/m0/s1. The van der Waals surface area contributed by atoms with Crippen molar-refractivity contribution in [2.45, 2.75) is 70.2 Å². The fourth-order valence-corrected chi connectivity index (χ4v) is 8.07. The first-order chi connectivity index (χ1) is 23.8. The van der Waals surface area contributed by atoms with Gasteiger partial charge in [-0.3, -0.25) is 9.59 Å². The zero-order valence-electron chi connectivity index (χ0n) is 29.2. The lowest BCUT2D eigenvalue weighted by Gasteiger charge is -2.33. The predicted octanol–water partition coefficient (Wildman–Crippen LogP) is 3.03. The van der Waals surface area contributed by atoms with Gasteiger partial charge in [0.25, 0.3) is 0 Å². The quantitative estimate of drug-likeness (QED) is 0.180. The van der Waals surface area contributed by atoms with Crippen LogP contribution in [-0.2, 0) is 32.6 Å². The Hall–Kier alpha value is -4.05. The van der Waals surface area contributed by atoms with Gasteiger partial charge in [-0.15, -0.1) is 11.3 Å². The largest absolute Gasteiger partial charge is 0.497 e. The van der Waals surface area contributed by atoms with Crippen molar-refractivity contribution in [3.63, 3.8) is 0 Å². The molecule has 1 aromatic heterocycles. The summed E-state index contributed by atoms with van der Waals surface area (Å²) in [5.74, 6) is -0.589. The predicted molar refractivity (Wildman–Crippen MR) is 191 cm³/mol. The highest BCUT2D eigenvalue weighted by Crippen LogP contribution is 2.23. The summed E-state index contributed by atoms with van der Waals surface area (Å²) in [5, 5.41) is 20.1. The van der Waals surface area contributed by atoms with Crippen LogP contribution in [0.1, 0.15) is 43.5 Å². The molecule has 15 heteroatoms. The molecule has 0 spiro atoms. The minimum Gasteiger partial charge on any atom is -0.497 e. The molecule has 0 saturated carbocycles. The molecule has 13 nitrogen and oxygen atoms in total. The second-order valence-corrected chi connectivity index (χ2v) is 15.7. The first-order valence-corrected chi connectivity index (χ1v) is 19.0. The number of nitrogens with zero attached hydrogens (tertiary/aromatic N) is 4. The van der Waals surface area contributed by atoms with E-state index in [4.69, 9.17) is 4.74 Å². The molecule has 1 aliphatic rings. The number of methoxy groups -OCH3 is 1. The second kappa shape index (κ2) is 17.7. The van der Waals surface area contributed by atoms with E-state index in [2.05, 4.69) is 15.6 Å². The molecule has 0 radical (unpaired) electrons. The van der Waals surface area contributed by atoms with Gasteiger partial charge in [-0.05, 0) is 56.0 Å². The zero-order chi connectivity index (χ0) is 36.4. The minimum absolute atomic E-state index is 0.0432. The first-order valence-electron chi connectivity index (χ1n) is 16.7. The van der Waals surface area contributed by atoms with Gasteiger partial charge in [0, 0.05) is 38.1 Å². The van der Waals surface area contributed by atoms with Crippen LogP contribution in [0.25, 0.3) is 0 Å². The van der Waals surface area contributed by atoms with Crippen LogP contribution in [0.4, 0.5) is 4.79 Å². The summed E-state index contributed by atoms with van der Waals surface area (Å²) < 4.78 is 34.1. The monoisotopic (exact) mass is 728 g/mol. The highest BCUT2D eigenvalue weighted by molar-refractivity contribution is 7.89. The lowest BCUT2D eigenvalue weighted by atomic mass is 9.99. The molecule has 4 rings (SSSR count). The molecule has 0 bridgehead atoms. The number of amides is 4. The maximum Gasteiger partial charge on any atom is 0.321 e. The molecular formula is C35H48N6O7S2. The van der Waals surface area contributed by atoms with Gasteiger partial charge < -0.3 is 30.3 Å². The average Bonchev–Trinajstić information content (AvgIpc) is 3.67.